The second-order valence-electron chi connectivity index (χ2n) is 4.75. The number of hydrogen-bond acceptors (Lipinski definition) is 2. The number of rotatable bonds is 6. The van der Waals surface area contributed by atoms with Gasteiger partial charge in [0.1, 0.15) is 0 Å². The van der Waals surface area contributed by atoms with Crippen LogP contribution in [0.15, 0.2) is 24.3 Å². The van der Waals surface area contributed by atoms with Crippen LogP contribution < -0.4 is 10.2 Å². The van der Waals surface area contributed by atoms with Gasteiger partial charge in [-0.15, -0.1) is 0 Å². The van der Waals surface area contributed by atoms with E-state index in [1.54, 1.807) is 0 Å². The van der Waals surface area contributed by atoms with Crippen LogP contribution in [0.4, 0.5) is 11.4 Å². The summed E-state index contributed by atoms with van der Waals surface area (Å²) in [5.41, 5.74) is 2.46. The summed E-state index contributed by atoms with van der Waals surface area (Å²) in [5, 5.41) is 3.13. The van der Waals surface area contributed by atoms with Crippen molar-refractivity contribution in [2.75, 3.05) is 30.9 Å². The Morgan fingerprint density at radius 3 is 2.31 bits per heavy atom. The Hall–Kier alpha value is -1.18. The molecule has 0 amide bonds. The van der Waals surface area contributed by atoms with Crippen LogP contribution in [0.5, 0.6) is 0 Å². The largest absolute Gasteiger partial charge is 0.388 e. The monoisotopic (exact) mass is 220 g/mol. The van der Waals surface area contributed by atoms with Crippen molar-refractivity contribution in [3.63, 3.8) is 0 Å². The van der Waals surface area contributed by atoms with Crippen molar-refractivity contribution in [1.29, 1.82) is 0 Å². The molecule has 0 aliphatic heterocycles. The molecule has 0 unspecified atom stereocenters. The molecule has 0 heterocycles. The second-order valence-corrected chi connectivity index (χ2v) is 4.75. The number of anilines is 2. The van der Waals surface area contributed by atoms with E-state index in [0.717, 1.165) is 12.5 Å². The lowest BCUT2D eigenvalue weighted by Gasteiger charge is -2.20. The summed E-state index contributed by atoms with van der Waals surface area (Å²) in [7, 11) is 4.11. The van der Waals surface area contributed by atoms with Crippen molar-refractivity contribution in [3.05, 3.63) is 24.3 Å². The molecule has 1 rings (SSSR count). The summed E-state index contributed by atoms with van der Waals surface area (Å²) >= 11 is 0. The van der Waals surface area contributed by atoms with E-state index in [9.17, 15) is 0 Å². The van der Waals surface area contributed by atoms with Crippen molar-refractivity contribution in [2.45, 2.75) is 26.7 Å². The summed E-state index contributed by atoms with van der Waals surface area (Å²) in [6.07, 6.45) is 2.57. The third kappa shape index (κ3) is 4.13. The van der Waals surface area contributed by atoms with Gasteiger partial charge in [-0.25, -0.2) is 0 Å². The van der Waals surface area contributed by atoms with E-state index < -0.39 is 0 Å². The van der Waals surface area contributed by atoms with Crippen molar-refractivity contribution in [3.8, 4) is 0 Å². The second kappa shape index (κ2) is 6.41. The summed E-state index contributed by atoms with van der Waals surface area (Å²) in [6.45, 7) is 5.69. The highest BCUT2D eigenvalue weighted by Crippen LogP contribution is 2.17. The van der Waals surface area contributed by atoms with E-state index in [1.807, 2.05) is 7.05 Å². The quantitative estimate of drug-likeness (QED) is 0.788. The third-order valence-electron chi connectivity index (χ3n) is 2.87. The van der Waals surface area contributed by atoms with Crippen molar-refractivity contribution in [1.82, 2.24) is 0 Å². The molecule has 2 heteroatoms. The van der Waals surface area contributed by atoms with Crippen LogP contribution in [0.2, 0.25) is 0 Å². The van der Waals surface area contributed by atoms with Crippen LogP contribution >= 0.6 is 0 Å². The van der Waals surface area contributed by atoms with Crippen molar-refractivity contribution >= 4 is 11.4 Å². The van der Waals surface area contributed by atoms with Crippen LogP contribution in [-0.4, -0.2) is 20.6 Å². The molecule has 0 radical (unpaired) electrons. The lowest BCUT2D eigenvalue weighted by molar-refractivity contribution is 0.556. The molecule has 16 heavy (non-hydrogen) atoms. The fourth-order valence-electron chi connectivity index (χ4n) is 1.75. The molecule has 0 atom stereocenters. The minimum Gasteiger partial charge on any atom is -0.388 e. The highest BCUT2D eigenvalue weighted by Gasteiger charge is 2.01. The van der Waals surface area contributed by atoms with E-state index in [4.69, 9.17) is 0 Å². The number of hydrogen-bond donors (Lipinski definition) is 1. The number of nitrogens with zero attached hydrogens (tertiary/aromatic N) is 1. The minimum atomic E-state index is 0.806. The molecule has 0 aliphatic rings. The molecule has 90 valence electrons. The number of benzene rings is 1. The highest BCUT2D eigenvalue weighted by molar-refractivity contribution is 5.54. The lowest BCUT2D eigenvalue weighted by atomic mass is 10.1. The van der Waals surface area contributed by atoms with E-state index in [0.29, 0.717) is 0 Å². The highest BCUT2D eigenvalue weighted by atomic mass is 15.1. The van der Waals surface area contributed by atoms with Gasteiger partial charge in [-0.2, -0.15) is 0 Å². The summed E-state index contributed by atoms with van der Waals surface area (Å²) in [4.78, 5) is 2.32. The molecule has 1 aromatic rings. The first-order valence-corrected chi connectivity index (χ1v) is 6.12. The fraction of sp³-hybridized carbons (Fsp3) is 0.571. The normalized spacial score (nSPS) is 10.6. The van der Waals surface area contributed by atoms with Gasteiger partial charge in [0.2, 0.25) is 0 Å². The predicted molar refractivity (Wildman–Crippen MR) is 73.3 cm³/mol. The Balaban J connectivity index is 2.43. The van der Waals surface area contributed by atoms with Gasteiger partial charge in [0.05, 0.1) is 0 Å². The average Bonchev–Trinajstić information content (AvgIpc) is 2.28. The molecule has 1 aromatic carbocycles. The zero-order valence-electron chi connectivity index (χ0n) is 11.0. The lowest BCUT2D eigenvalue weighted by Crippen LogP contribution is -2.18. The molecule has 0 saturated carbocycles. The summed E-state index contributed by atoms with van der Waals surface area (Å²) in [6, 6.07) is 8.57. The topological polar surface area (TPSA) is 15.3 Å². The van der Waals surface area contributed by atoms with Crippen LogP contribution in [0.25, 0.3) is 0 Å². The maximum absolute atomic E-state index is 3.13. The summed E-state index contributed by atoms with van der Waals surface area (Å²) in [5.74, 6) is 0.806. The van der Waals surface area contributed by atoms with Gasteiger partial charge in [-0.05, 0) is 43.0 Å². The zero-order valence-corrected chi connectivity index (χ0v) is 11.0. The Morgan fingerprint density at radius 2 is 1.81 bits per heavy atom. The van der Waals surface area contributed by atoms with Gasteiger partial charge in [-0.3, -0.25) is 0 Å². The fourth-order valence-corrected chi connectivity index (χ4v) is 1.75. The van der Waals surface area contributed by atoms with Gasteiger partial charge in [0.25, 0.3) is 0 Å². The SMILES string of the molecule is CNc1ccc(N(C)CCCC(C)C)cc1. The summed E-state index contributed by atoms with van der Waals surface area (Å²) < 4.78 is 0. The maximum atomic E-state index is 3.13. The minimum absolute atomic E-state index is 0.806. The Bertz CT molecular complexity index is 290. The van der Waals surface area contributed by atoms with Crippen molar-refractivity contribution < 1.29 is 0 Å². The molecular formula is C14H24N2. The Labute approximate surface area is 99.7 Å². The molecule has 1 N–H and O–H groups in total. The van der Waals surface area contributed by atoms with Gasteiger partial charge in [0, 0.05) is 32.0 Å². The van der Waals surface area contributed by atoms with Crippen LogP contribution in [-0.2, 0) is 0 Å². The molecule has 0 bridgehead atoms. The van der Waals surface area contributed by atoms with E-state index in [1.165, 1.54) is 24.2 Å². The van der Waals surface area contributed by atoms with Gasteiger partial charge in [-0.1, -0.05) is 13.8 Å². The van der Waals surface area contributed by atoms with Crippen LogP contribution in [0.1, 0.15) is 26.7 Å². The molecule has 0 aromatic heterocycles. The first-order valence-electron chi connectivity index (χ1n) is 6.12. The van der Waals surface area contributed by atoms with E-state index >= 15 is 0 Å². The third-order valence-corrected chi connectivity index (χ3v) is 2.87. The molecule has 0 spiro atoms. The predicted octanol–water partition coefficient (Wildman–Crippen LogP) is 3.60. The average molecular weight is 220 g/mol. The first kappa shape index (κ1) is 12.9. The zero-order chi connectivity index (χ0) is 12.0. The number of nitrogens with one attached hydrogen (secondary N) is 1. The Kier molecular flexibility index (Phi) is 5.17. The first-order chi connectivity index (χ1) is 7.63. The van der Waals surface area contributed by atoms with Crippen molar-refractivity contribution in [2.24, 2.45) is 5.92 Å². The smallest absolute Gasteiger partial charge is 0.0365 e. The molecule has 0 aliphatic carbocycles. The van der Waals surface area contributed by atoms with Gasteiger partial charge >= 0.3 is 0 Å². The van der Waals surface area contributed by atoms with Gasteiger partial charge in [0.15, 0.2) is 0 Å². The standard InChI is InChI=1S/C14H24N2/c1-12(2)6-5-11-16(4)14-9-7-13(15-3)8-10-14/h7-10,12,15H,5-6,11H2,1-4H3. The molecule has 2 nitrogen and oxygen atoms in total. The molecule has 0 saturated heterocycles. The molecule has 0 fully saturated rings. The van der Waals surface area contributed by atoms with Gasteiger partial charge < -0.3 is 10.2 Å². The van der Waals surface area contributed by atoms with E-state index in [2.05, 4.69) is 55.4 Å². The van der Waals surface area contributed by atoms with Crippen LogP contribution in [0.3, 0.4) is 0 Å². The molecular weight excluding hydrogens is 196 g/mol. The Morgan fingerprint density at radius 1 is 1.19 bits per heavy atom. The maximum Gasteiger partial charge on any atom is 0.0365 e. The van der Waals surface area contributed by atoms with Crippen LogP contribution in [0, 0.1) is 5.92 Å². The van der Waals surface area contributed by atoms with E-state index in [-0.39, 0.29) is 0 Å².